The number of nitrogen functional groups attached to an aromatic ring is 1. The first-order valence-electron chi connectivity index (χ1n) is 10.3. The van der Waals surface area contributed by atoms with Gasteiger partial charge in [0.2, 0.25) is 11.6 Å². The highest BCUT2D eigenvalue weighted by atomic mass is 16.6. The Morgan fingerprint density at radius 1 is 1.18 bits per heavy atom. The molecule has 0 unspecified atom stereocenters. The normalized spacial score (nSPS) is 11.1. The van der Waals surface area contributed by atoms with Crippen molar-refractivity contribution >= 4 is 17.9 Å². The fourth-order valence-corrected chi connectivity index (χ4v) is 3.06. The minimum atomic E-state index is -0.501. The number of nitrogens with one attached hydrogen (secondary N) is 1. The van der Waals surface area contributed by atoms with Gasteiger partial charge in [-0.1, -0.05) is 48.9 Å². The molecule has 0 fully saturated rings. The van der Waals surface area contributed by atoms with Crippen LogP contribution in [0, 0.1) is 0 Å². The quantitative estimate of drug-likeness (QED) is 0.294. The summed E-state index contributed by atoms with van der Waals surface area (Å²) in [6.07, 6.45) is 2.80. The van der Waals surface area contributed by atoms with Crippen molar-refractivity contribution < 1.29 is 14.2 Å². The topological polar surface area (TPSA) is 146 Å². The summed E-state index contributed by atoms with van der Waals surface area (Å²) in [5, 5.41) is 19.2. The highest BCUT2D eigenvalue weighted by Gasteiger charge is 2.23. The molecule has 2 heterocycles. The Morgan fingerprint density at radius 2 is 1.97 bits per heavy atom. The predicted octanol–water partition coefficient (Wildman–Crippen LogP) is 2.53. The smallest absolute Gasteiger partial charge is 0.293 e. The maximum absolute atomic E-state index is 12.6. The van der Waals surface area contributed by atoms with Gasteiger partial charge < -0.3 is 10.5 Å². The first-order chi connectivity index (χ1) is 16.2. The van der Waals surface area contributed by atoms with Crippen molar-refractivity contribution in [2.75, 3.05) is 5.73 Å². The molecular formula is C22H22N8O3. The van der Waals surface area contributed by atoms with E-state index >= 15 is 0 Å². The molecule has 0 saturated carbocycles. The molecule has 0 bridgehead atoms. The van der Waals surface area contributed by atoms with E-state index in [-0.39, 0.29) is 17.3 Å². The Labute approximate surface area is 189 Å². The Bertz CT molecular complexity index is 1230. The standard InChI is InChI=1S/C22H22N8O3/c1-2-6-18-19(25-29-30(18)21-20(23)27-33-28-21)22(31)26-24-13-15-9-11-17(12-10-15)32-14-16-7-4-3-5-8-16/h3-5,7-13H,2,6,14H2,1H3,(H2,23,27)(H,26,31)/b24-13+. The number of ether oxygens (including phenoxy) is 1. The maximum atomic E-state index is 12.6. The monoisotopic (exact) mass is 446 g/mol. The average Bonchev–Trinajstić information content (AvgIpc) is 3.45. The van der Waals surface area contributed by atoms with Crippen LogP contribution in [0.5, 0.6) is 5.75 Å². The van der Waals surface area contributed by atoms with Crippen LogP contribution in [-0.2, 0) is 13.0 Å². The molecule has 0 saturated heterocycles. The Kier molecular flexibility index (Phi) is 6.69. The number of anilines is 1. The number of amides is 1. The average molecular weight is 446 g/mol. The summed E-state index contributed by atoms with van der Waals surface area (Å²) in [6.45, 7) is 2.45. The Balaban J connectivity index is 1.38. The number of hydrogen-bond acceptors (Lipinski definition) is 9. The third-order valence-corrected chi connectivity index (χ3v) is 4.67. The van der Waals surface area contributed by atoms with E-state index in [9.17, 15) is 4.79 Å². The van der Waals surface area contributed by atoms with Gasteiger partial charge in [-0.3, -0.25) is 4.79 Å². The van der Waals surface area contributed by atoms with Crippen LogP contribution in [-0.4, -0.2) is 37.4 Å². The minimum absolute atomic E-state index is 0.0541. The number of carbonyl (C=O) groups is 1. The number of hydrogen-bond donors (Lipinski definition) is 2. The van der Waals surface area contributed by atoms with Crippen LogP contribution in [0.2, 0.25) is 0 Å². The molecule has 0 atom stereocenters. The number of aromatic nitrogens is 5. The molecule has 2 aromatic heterocycles. The summed E-state index contributed by atoms with van der Waals surface area (Å²) >= 11 is 0. The van der Waals surface area contributed by atoms with Crippen molar-refractivity contribution in [2.45, 2.75) is 26.4 Å². The third kappa shape index (κ3) is 5.21. The summed E-state index contributed by atoms with van der Waals surface area (Å²) in [7, 11) is 0. The second kappa shape index (κ2) is 10.2. The van der Waals surface area contributed by atoms with Crippen LogP contribution >= 0.6 is 0 Å². The lowest BCUT2D eigenvalue weighted by Gasteiger charge is -2.06. The van der Waals surface area contributed by atoms with Gasteiger partial charge in [-0.15, -0.1) is 5.10 Å². The zero-order chi connectivity index (χ0) is 23.0. The lowest BCUT2D eigenvalue weighted by atomic mass is 10.2. The van der Waals surface area contributed by atoms with E-state index in [4.69, 9.17) is 10.5 Å². The van der Waals surface area contributed by atoms with Gasteiger partial charge in [-0.05, 0) is 52.1 Å². The molecule has 0 aliphatic heterocycles. The fraction of sp³-hybridized carbons (Fsp3) is 0.182. The first kappa shape index (κ1) is 21.7. The molecule has 3 N–H and O–H groups in total. The minimum Gasteiger partial charge on any atom is -0.489 e. The van der Waals surface area contributed by atoms with E-state index in [0.717, 1.165) is 23.3 Å². The molecule has 11 heteroatoms. The molecule has 11 nitrogen and oxygen atoms in total. The third-order valence-electron chi connectivity index (χ3n) is 4.67. The summed E-state index contributed by atoms with van der Waals surface area (Å²) in [4.78, 5) is 12.6. The first-order valence-corrected chi connectivity index (χ1v) is 10.3. The number of hydrazone groups is 1. The molecule has 168 valence electrons. The Morgan fingerprint density at radius 3 is 2.67 bits per heavy atom. The van der Waals surface area contributed by atoms with Crippen molar-refractivity contribution in [3.05, 3.63) is 77.1 Å². The summed E-state index contributed by atoms with van der Waals surface area (Å²) in [6, 6.07) is 17.3. The predicted molar refractivity (Wildman–Crippen MR) is 120 cm³/mol. The van der Waals surface area contributed by atoms with Crippen molar-refractivity contribution in [1.29, 1.82) is 0 Å². The second-order valence-electron chi connectivity index (χ2n) is 7.06. The SMILES string of the molecule is CCCc1c(C(=O)N/N=C/c2ccc(OCc3ccccc3)cc2)nnn1-c1nonc1N. The van der Waals surface area contributed by atoms with Crippen LogP contribution in [0.4, 0.5) is 5.82 Å². The fourth-order valence-electron chi connectivity index (χ4n) is 3.06. The molecular weight excluding hydrogens is 424 g/mol. The summed E-state index contributed by atoms with van der Waals surface area (Å²) in [5.74, 6) is 0.475. The van der Waals surface area contributed by atoms with Gasteiger partial charge in [-0.2, -0.15) is 9.78 Å². The lowest BCUT2D eigenvalue weighted by molar-refractivity contribution is 0.0949. The van der Waals surface area contributed by atoms with Gasteiger partial charge in [0.15, 0.2) is 5.69 Å². The molecule has 4 aromatic rings. The van der Waals surface area contributed by atoms with Crippen molar-refractivity contribution in [1.82, 2.24) is 30.7 Å². The van der Waals surface area contributed by atoms with E-state index in [2.05, 4.69) is 35.8 Å². The van der Waals surface area contributed by atoms with E-state index in [0.29, 0.717) is 18.7 Å². The van der Waals surface area contributed by atoms with E-state index < -0.39 is 5.91 Å². The van der Waals surface area contributed by atoms with Gasteiger partial charge >= 0.3 is 0 Å². The molecule has 33 heavy (non-hydrogen) atoms. The van der Waals surface area contributed by atoms with E-state index in [1.165, 1.54) is 10.9 Å². The largest absolute Gasteiger partial charge is 0.489 e. The van der Waals surface area contributed by atoms with E-state index in [1.807, 2.05) is 61.5 Å². The zero-order valence-corrected chi connectivity index (χ0v) is 17.9. The Hall–Kier alpha value is -4.54. The van der Waals surface area contributed by atoms with Crippen LogP contribution in [0.15, 0.2) is 64.3 Å². The molecule has 1 amide bonds. The molecule has 0 spiro atoms. The molecule has 0 aliphatic carbocycles. The highest BCUT2D eigenvalue weighted by Crippen LogP contribution is 2.17. The number of nitrogens with zero attached hydrogens (tertiary/aromatic N) is 6. The number of rotatable bonds is 9. The molecule has 4 rings (SSSR count). The number of nitrogens with two attached hydrogens (primary N) is 1. The van der Waals surface area contributed by atoms with Crippen molar-refractivity contribution in [3.8, 4) is 11.6 Å². The van der Waals surface area contributed by atoms with Gasteiger partial charge in [0.05, 0.1) is 11.9 Å². The highest BCUT2D eigenvalue weighted by molar-refractivity contribution is 5.94. The zero-order valence-electron chi connectivity index (χ0n) is 17.9. The van der Waals surface area contributed by atoms with Crippen LogP contribution in [0.1, 0.15) is 40.7 Å². The van der Waals surface area contributed by atoms with Gasteiger partial charge in [0, 0.05) is 0 Å². The maximum Gasteiger partial charge on any atom is 0.293 e. The summed E-state index contributed by atoms with van der Waals surface area (Å²) in [5.41, 5.74) is 10.8. The number of carbonyl (C=O) groups excluding carboxylic acids is 1. The molecule has 2 aromatic carbocycles. The van der Waals surface area contributed by atoms with Crippen molar-refractivity contribution in [3.63, 3.8) is 0 Å². The van der Waals surface area contributed by atoms with E-state index in [1.54, 1.807) is 0 Å². The van der Waals surface area contributed by atoms with Gasteiger partial charge in [-0.25, -0.2) is 10.1 Å². The van der Waals surface area contributed by atoms with Crippen LogP contribution in [0.25, 0.3) is 5.82 Å². The van der Waals surface area contributed by atoms with Gasteiger partial charge in [0.25, 0.3) is 5.91 Å². The number of benzene rings is 2. The van der Waals surface area contributed by atoms with Crippen LogP contribution in [0.3, 0.4) is 0 Å². The van der Waals surface area contributed by atoms with Crippen LogP contribution < -0.4 is 15.9 Å². The lowest BCUT2D eigenvalue weighted by Crippen LogP contribution is -2.20. The van der Waals surface area contributed by atoms with Crippen molar-refractivity contribution in [2.24, 2.45) is 5.10 Å². The molecule has 0 aliphatic rings. The molecule has 0 radical (unpaired) electrons. The summed E-state index contributed by atoms with van der Waals surface area (Å²) < 4.78 is 11.7. The van der Waals surface area contributed by atoms with Gasteiger partial charge in [0.1, 0.15) is 12.4 Å². The second-order valence-corrected chi connectivity index (χ2v) is 7.06.